The zero-order chi connectivity index (χ0) is 58.2. The smallest absolute Gasteiger partial charge is 0.310 e. The molecular weight excluding hydrogens is 1060 g/mol. The largest absolute Gasteiger partial charge is 0.489 e. The molecule has 0 saturated heterocycles. The molecular formula is C60H56F2O15S2. The number of aliphatic carboxylic acids is 1. The van der Waals surface area contributed by atoms with E-state index >= 15 is 0 Å². The van der Waals surface area contributed by atoms with Crippen LogP contribution in [0.25, 0.3) is 34.4 Å². The third-order valence-electron chi connectivity index (χ3n) is 13.3. The third-order valence-corrected chi connectivity index (χ3v) is 15.2. The summed E-state index contributed by atoms with van der Waals surface area (Å²) in [6.45, 7) is 5.75. The normalized spacial score (nSPS) is 16.9. The Morgan fingerprint density at radius 1 is 0.506 bits per heavy atom. The molecule has 2 atom stereocenters. The van der Waals surface area contributed by atoms with Gasteiger partial charge in [-0.05, 0) is 155 Å². The Morgan fingerprint density at radius 2 is 0.873 bits per heavy atom. The van der Waals surface area contributed by atoms with Crippen molar-refractivity contribution < 1.29 is 79.9 Å². The second-order valence-corrected chi connectivity index (χ2v) is 20.7. The van der Waals surface area contributed by atoms with Crippen LogP contribution in [0.5, 0.6) is 0 Å². The van der Waals surface area contributed by atoms with Crippen molar-refractivity contribution in [2.24, 2.45) is 0 Å². The topological polar surface area (TPSA) is 223 Å². The van der Waals surface area contributed by atoms with Gasteiger partial charge in [-0.15, -0.1) is 0 Å². The first-order valence-electron chi connectivity index (χ1n) is 24.0. The highest BCUT2D eigenvalue weighted by molar-refractivity contribution is 7.84. The first kappa shape index (κ1) is 60.0. The van der Waals surface area contributed by atoms with Gasteiger partial charge in [0.2, 0.25) is 46.2 Å². The molecule has 19 heteroatoms. The number of halogens is 2. The van der Waals surface area contributed by atoms with Crippen molar-refractivity contribution in [1.29, 1.82) is 0 Å². The maximum Gasteiger partial charge on any atom is 0.310 e. The Hall–Kier alpha value is -8.26. The van der Waals surface area contributed by atoms with E-state index in [1.165, 1.54) is 66.6 Å². The Morgan fingerprint density at radius 3 is 1.24 bits per heavy atom. The zero-order valence-corrected chi connectivity index (χ0v) is 46.5. The molecule has 0 radical (unpaired) electrons. The molecule has 0 spiro atoms. The quantitative estimate of drug-likeness (QED) is 0.0837. The monoisotopic (exact) mass is 1120 g/mol. The Kier molecular flexibility index (Phi) is 19.7. The lowest BCUT2D eigenvalue weighted by Crippen LogP contribution is -2.27. The number of carboxylic acid groups (broad SMARTS) is 1. The van der Waals surface area contributed by atoms with Crippen LogP contribution in [-0.4, -0.2) is 108 Å². The van der Waals surface area contributed by atoms with Crippen molar-refractivity contribution in [3.63, 3.8) is 0 Å². The first-order chi connectivity index (χ1) is 37.5. The number of rotatable bonds is 15. The minimum absolute atomic E-state index is 0.0163. The lowest BCUT2D eigenvalue weighted by Gasteiger charge is -2.20. The van der Waals surface area contributed by atoms with Crippen molar-refractivity contribution in [3.8, 4) is 0 Å². The molecule has 412 valence electrons. The van der Waals surface area contributed by atoms with Gasteiger partial charge in [-0.3, -0.25) is 37.2 Å². The highest BCUT2D eigenvalue weighted by atomic mass is 32.2. The summed E-state index contributed by atoms with van der Waals surface area (Å²) in [5.74, 6) is -5.03. The van der Waals surface area contributed by atoms with Gasteiger partial charge < -0.3 is 33.9 Å². The molecule has 0 fully saturated rings. The number of allylic oxidation sites excluding steroid dienone is 8. The van der Waals surface area contributed by atoms with Crippen molar-refractivity contribution in [3.05, 3.63) is 186 Å². The fourth-order valence-electron chi connectivity index (χ4n) is 9.06. The molecule has 0 bridgehead atoms. The molecule has 79 heavy (non-hydrogen) atoms. The number of hydrogen-bond acceptors (Lipinski definition) is 14. The van der Waals surface area contributed by atoms with Gasteiger partial charge in [0.1, 0.15) is 18.2 Å². The van der Waals surface area contributed by atoms with Crippen LogP contribution in [0.3, 0.4) is 0 Å². The summed E-state index contributed by atoms with van der Waals surface area (Å²) in [5.41, 5.74) is 9.49. The van der Waals surface area contributed by atoms with Crippen molar-refractivity contribution >= 4 is 91.1 Å². The summed E-state index contributed by atoms with van der Waals surface area (Å²) in [5, 5.41) is 18.1. The minimum atomic E-state index is -1.11. The average Bonchev–Trinajstić information content (AvgIpc) is 4.03. The van der Waals surface area contributed by atoms with E-state index in [1.54, 1.807) is 48.9 Å². The summed E-state index contributed by atoms with van der Waals surface area (Å²) in [4.78, 5) is 74.3. The van der Waals surface area contributed by atoms with E-state index in [0.29, 0.717) is 32.7 Å². The van der Waals surface area contributed by atoms with Gasteiger partial charge in [-0.25, -0.2) is 8.78 Å². The molecule has 4 aliphatic rings. The second kappa shape index (κ2) is 25.9. The number of esters is 1. The molecule has 2 unspecified atom stereocenters. The summed E-state index contributed by atoms with van der Waals surface area (Å²) < 4.78 is 76.3. The van der Waals surface area contributed by atoms with Gasteiger partial charge in [-0.2, -0.15) is 0 Å². The van der Waals surface area contributed by atoms with Crippen LogP contribution in [0.1, 0.15) is 73.9 Å². The van der Waals surface area contributed by atoms with Crippen molar-refractivity contribution in [2.45, 2.75) is 50.3 Å². The van der Waals surface area contributed by atoms with E-state index in [2.05, 4.69) is 0 Å². The predicted molar refractivity (Wildman–Crippen MR) is 294 cm³/mol. The summed E-state index contributed by atoms with van der Waals surface area (Å²) in [6.07, 6.45) is 6.79. The molecule has 0 heterocycles. The maximum absolute atomic E-state index is 14.2. The number of carboxylic acids is 1. The maximum atomic E-state index is 14.2. The number of Topliss-reactive ketones (excluding diaryl/α,β-unsaturated/α-hetero) is 4. The number of aliphatic hydroxyl groups is 1. The second-order valence-electron chi connectivity index (χ2n) is 18.0. The van der Waals surface area contributed by atoms with Gasteiger partial charge in [0.25, 0.3) is 0 Å². The van der Waals surface area contributed by atoms with Crippen LogP contribution in [0.15, 0.2) is 151 Å². The number of carbonyl (C=O) groups is 6. The number of hydrogen-bond donors (Lipinski definition) is 2. The van der Waals surface area contributed by atoms with Crippen LogP contribution in [-0.2, 0) is 74.1 Å². The lowest BCUT2D eigenvalue weighted by atomic mass is 9.93. The van der Waals surface area contributed by atoms with E-state index in [0.717, 1.165) is 43.9 Å². The number of carbonyl (C=O) groups excluding carboxylic acids is 5. The summed E-state index contributed by atoms with van der Waals surface area (Å²) in [6, 6.07) is 23.3. The van der Waals surface area contributed by atoms with Crippen LogP contribution in [0.2, 0.25) is 0 Å². The van der Waals surface area contributed by atoms with E-state index in [-0.39, 0.29) is 64.0 Å². The highest BCUT2D eigenvalue weighted by Gasteiger charge is 2.37. The number of aliphatic hydroxyl groups excluding tert-OH is 1. The van der Waals surface area contributed by atoms with Gasteiger partial charge >= 0.3 is 11.9 Å². The van der Waals surface area contributed by atoms with Gasteiger partial charge in [0.15, 0.2) is 0 Å². The van der Waals surface area contributed by atoms with Gasteiger partial charge in [0.05, 0.1) is 47.9 Å². The van der Waals surface area contributed by atoms with E-state index in [9.17, 15) is 51.1 Å². The van der Waals surface area contributed by atoms with Crippen LogP contribution >= 0.6 is 0 Å². The van der Waals surface area contributed by atoms with E-state index in [4.69, 9.17) is 28.8 Å². The lowest BCUT2D eigenvalue weighted by molar-refractivity contribution is -0.142. The number of benzene rings is 4. The van der Waals surface area contributed by atoms with Crippen LogP contribution in [0.4, 0.5) is 8.78 Å². The summed E-state index contributed by atoms with van der Waals surface area (Å²) in [7, 11) is 2.93. The number of ketones is 4. The predicted octanol–water partition coefficient (Wildman–Crippen LogP) is 9.11. The zero-order valence-electron chi connectivity index (χ0n) is 44.8. The Bertz CT molecular complexity index is 3530. The molecule has 0 amide bonds. The molecule has 2 N–H and O–H groups in total. The number of fused-ring (bicyclic) bond motifs is 2. The Balaban J connectivity index is 0.000000214. The van der Waals surface area contributed by atoms with E-state index in [1.807, 2.05) is 50.3 Å². The highest BCUT2D eigenvalue weighted by Crippen LogP contribution is 2.45. The summed E-state index contributed by atoms with van der Waals surface area (Å²) >= 11 is 0. The molecule has 0 aromatic heterocycles. The molecule has 15 nitrogen and oxygen atoms in total. The molecule has 0 aliphatic heterocycles. The number of ether oxygens (including phenoxy) is 5. The van der Waals surface area contributed by atoms with Crippen LogP contribution < -0.4 is 0 Å². The van der Waals surface area contributed by atoms with Gasteiger partial charge in [0, 0.05) is 66.2 Å². The molecule has 4 aromatic rings. The average molecular weight is 1120 g/mol. The third kappa shape index (κ3) is 13.0. The van der Waals surface area contributed by atoms with Crippen molar-refractivity contribution in [1.82, 2.24) is 0 Å². The van der Waals surface area contributed by atoms with Crippen LogP contribution in [0, 0.1) is 11.6 Å². The number of methoxy groups -OCH3 is 4. The molecule has 4 aliphatic carbocycles. The SMILES string of the molecule is CC1=C(CC(=O)O)c2ccc(F)cc2/C1=C\c1ccc(S(C)=O)cc1.COC1=C(OC)C(=O)C(CO)=C(C)C1=O.COC1=C(OC)C(=O)C(COC(=O)CC2=C(C)/C(=C/c3ccc(S(C)=O)cc3)c3cc(F)ccc32)=C(C)C1=O. The van der Waals surface area contributed by atoms with E-state index < -0.39 is 75.7 Å². The molecule has 0 saturated carbocycles. The standard InChI is InChI=1S/C30H27FO7S.C20H17FO3S.C10H12O5/c1-16-22(12-18-6-9-20(10-7-18)39(5)35)24-13-19(31)8-11-21(24)23(16)14-26(32)38-15-25-17(2)27(33)29(36-3)30(37-4)28(25)34;1-12-17(9-13-3-6-15(7-4-13)25(2)24)19-10-14(21)5-8-16(19)18(12)11-20(22)23;1-5-6(4-11)8(13)10(15-3)9(14-2)7(5)12/h6-13H,14-15H2,1-5H3;3-10H,11H2,1-2H3,(H,22,23);11H,4H2,1-3H3/b22-12-;17-9-;. The Labute approximate surface area is 459 Å². The molecule has 4 aromatic carbocycles. The molecule has 8 rings (SSSR count). The van der Waals surface area contributed by atoms with Gasteiger partial charge in [-0.1, -0.05) is 36.4 Å². The first-order valence-corrected chi connectivity index (χ1v) is 27.2. The fourth-order valence-corrected chi connectivity index (χ4v) is 10.1. The van der Waals surface area contributed by atoms with Crippen molar-refractivity contribution in [2.75, 3.05) is 54.2 Å². The minimum Gasteiger partial charge on any atom is -0.489 e. The fraction of sp³-hybridized carbons (Fsp3) is 0.233.